The Labute approximate surface area is 139 Å². The molecule has 2 rings (SSSR count). The quantitative estimate of drug-likeness (QED) is 0.642. The Hall–Kier alpha value is -2.71. The Morgan fingerprint density at radius 2 is 2.08 bits per heavy atom. The number of rotatable bonds is 6. The van der Waals surface area contributed by atoms with Crippen LogP contribution in [-0.2, 0) is 11.3 Å². The fourth-order valence-electron chi connectivity index (χ4n) is 2.63. The highest BCUT2D eigenvalue weighted by molar-refractivity contribution is 5.80. The lowest BCUT2D eigenvalue weighted by Gasteiger charge is -2.18. The molecule has 0 aliphatic carbocycles. The minimum atomic E-state index is -0.650. The van der Waals surface area contributed by atoms with Gasteiger partial charge in [0, 0.05) is 18.3 Å². The van der Waals surface area contributed by atoms with Gasteiger partial charge in [-0.05, 0) is 34.6 Å². The highest BCUT2D eigenvalue weighted by Gasteiger charge is 2.25. The molecule has 0 radical (unpaired) electrons. The van der Waals surface area contributed by atoms with Crippen LogP contribution < -0.4 is 5.32 Å². The van der Waals surface area contributed by atoms with Crippen LogP contribution in [0.15, 0.2) is 12.4 Å². The molecule has 1 amide bonds. The summed E-state index contributed by atoms with van der Waals surface area (Å²) in [6.07, 6.45) is 3.08. The topological polar surface area (TPSA) is 108 Å². The lowest BCUT2D eigenvalue weighted by Crippen LogP contribution is -2.34. The Morgan fingerprint density at radius 3 is 2.58 bits per heavy atom. The van der Waals surface area contributed by atoms with Gasteiger partial charge in [-0.15, -0.1) is 0 Å². The molecule has 0 saturated heterocycles. The van der Waals surface area contributed by atoms with E-state index in [4.69, 9.17) is 0 Å². The number of nitrogens with zero attached hydrogens (tertiary/aromatic N) is 5. The van der Waals surface area contributed by atoms with Gasteiger partial charge in [-0.3, -0.25) is 24.3 Å². The molecule has 0 spiro atoms. The zero-order valence-corrected chi connectivity index (χ0v) is 14.5. The van der Waals surface area contributed by atoms with Gasteiger partial charge in [0.05, 0.1) is 16.7 Å². The molecule has 9 nitrogen and oxygen atoms in total. The summed E-state index contributed by atoms with van der Waals surface area (Å²) in [5.41, 5.74) is 2.07. The first-order valence-corrected chi connectivity index (χ1v) is 7.79. The maximum atomic E-state index is 12.5. The second-order valence-electron chi connectivity index (χ2n) is 5.75. The van der Waals surface area contributed by atoms with E-state index in [-0.39, 0.29) is 17.6 Å². The first-order chi connectivity index (χ1) is 11.3. The predicted octanol–water partition coefficient (Wildman–Crippen LogP) is 2.06. The Balaban J connectivity index is 2.13. The fourth-order valence-corrected chi connectivity index (χ4v) is 2.63. The van der Waals surface area contributed by atoms with Gasteiger partial charge in [-0.25, -0.2) is 0 Å². The van der Waals surface area contributed by atoms with Crippen molar-refractivity contribution in [2.45, 2.75) is 53.2 Å². The van der Waals surface area contributed by atoms with Crippen molar-refractivity contribution in [2.75, 3.05) is 0 Å². The number of amides is 1. The lowest BCUT2D eigenvalue weighted by atomic mass is 10.1. The molecule has 2 atom stereocenters. The first kappa shape index (κ1) is 17.6. The van der Waals surface area contributed by atoms with Crippen LogP contribution in [0.3, 0.4) is 0 Å². The minimum absolute atomic E-state index is 0.0947. The summed E-state index contributed by atoms with van der Waals surface area (Å²) in [6.45, 7) is 9.77. The van der Waals surface area contributed by atoms with Crippen molar-refractivity contribution in [2.24, 2.45) is 0 Å². The third-order valence-corrected chi connectivity index (χ3v) is 4.10. The van der Waals surface area contributed by atoms with Crippen LogP contribution in [0.25, 0.3) is 0 Å². The van der Waals surface area contributed by atoms with Crippen LogP contribution in [0.1, 0.15) is 49.8 Å². The molecule has 2 heterocycles. The number of aryl methyl sites for hydroxylation is 2. The van der Waals surface area contributed by atoms with Crippen molar-refractivity contribution in [3.8, 4) is 0 Å². The highest BCUT2D eigenvalue weighted by atomic mass is 16.6. The zero-order chi connectivity index (χ0) is 18.0. The fraction of sp³-hybridized carbons (Fsp3) is 0.533. The average molecular weight is 334 g/mol. The zero-order valence-electron chi connectivity index (χ0n) is 14.5. The standard InChI is InChI=1S/C15H22N6O3/c1-6-19-8-13(10(3)18-19)9(2)17-15(22)12(5)20-11(4)14(7-16-20)21(23)24/h7-9,12H,6H2,1-5H3,(H,17,22). The van der Waals surface area contributed by atoms with Crippen LogP contribution in [0, 0.1) is 24.0 Å². The molecule has 0 bridgehead atoms. The van der Waals surface area contributed by atoms with Gasteiger partial charge in [0.1, 0.15) is 17.9 Å². The molecular formula is C15H22N6O3. The van der Waals surface area contributed by atoms with Crippen molar-refractivity contribution < 1.29 is 9.72 Å². The van der Waals surface area contributed by atoms with E-state index in [9.17, 15) is 14.9 Å². The van der Waals surface area contributed by atoms with E-state index in [1.807, 2.05) is 31.6 Å². The van der Waals surface area contributed by atoms with Crippen LogP contribution in [-0.4, -0.2) is 30.4 Å². The van der Waals surface area contributed by atoms with Crippen LogP contribution >= 0.6 is 0 Å². The van der Waals surface area contributed by atoms with Crippen molar-refractivity contribution in [3.05, 3.63) is 39.5 Å². The number of carbonyl (C=O) groups is 1. The highest BCUT2D eigenvalue weighted by Crippen LogP contribution is 2.21. The van der Waals surface area contributed by atoms with Gasteiger partial charge in [0.15, 0.2) is 0 Å². The monoisotopic (exact) mass is 334 g/mol. The number of hydrogen-bond acceptors (Lipinski definition) is 5. The Kier molecular flexibility index (Phi) is 5.01. The molecule has 2 aromatic heterocycles. The molecular weight excluding hydrogens is 312 g/mol. The van der Waals surface area contributed by atoms with Gasteiger partial charge in [-0.2, -0.15) is 10.2 Å². The largest absolute Gasteiger partial charge is 0.348 e. The van der Waals surface area contributed by atoms with Crippen molar-refractivity contribution in [1.29, 1.82) is 0 Å². The molecule has 0 fully saturated rings. The maximum Gasteiger partial charge on any atom is 0.309 e. The number of nitrogens with one attached hydrogen (secondary N) is 1. The molecule has 9 heteroatoms. The van der Waals surface area contributed by atoms with Gasteiger partial charge < -0.3 is 5.32 Å². The first-order valence-electron chi connectivity index (χ1n) is 7.79. The lowest BCUT2D eigenvalue weighted by molar-refractivity contribution is -0.385. The van der Waals surface area contributed by atoms with E-state index in [1.165, 1.54) is 4.68 Å². The van der Waals surface area contributed by atoms with Gasteiger partial charge >= 0.3 is 5.69 Å². The van der Waals surface area contributed by atoms with Crippen molar-refractivity contribution in [1.82, 2.24) is 24.9 Å². The second kappa shape index (κ2) is 6.81. The van der Waals surface area contributed by atoms with E-state index in [0.29, 0.717) is 5.69 Å². The molecule has 2 aromatic rings. The summed E-state index contributed by atoms with van der Waals surface area (Å²) in [5, 5.41) is 22.2. The SMILES string of the molecule is CCn1cc(C(C)NC(=O)C(C)n2ncc([N+](=O)[O-])c2C)c(C)n1. The summed E-state index contributed by atoms with van der Waals surface area (Å²) < 4.78 is 3.18. The number of nitro groups is 1. The van der Waals surface area contributed by atoms with Gasteiger partial charge in [-0.1, -0.05) is 0 Å². The van der Waals surface area contributed by atoms with E-state index in [1.54, 1.807) is 13.8 Å². The van der Waals surface area contributed by atoms with Crippen molar-refractivity contribution in [3.63, 3.8) is 0 Å². The summed E-state index contributed by atoms with van der Waals surface area (Å²) >= 11 is 0. The number of hydrogen-bond donors (Lipinski definition) is 1. The summed E-state index contributed by atoms with van der Waals surface area (Å²) in [7, 11) is 0. The summed E-state index contributed by atoms with van der Waals surface area (Å²) in [5.74, 6) is -0.257. The molecule has 0 aliphatic rings. The van der Waals surface area contributed by atoms with Gasteiger partial charge in [0.25, 0.3) is 0 Å². The second-order valence-corrected chi connectivity index (χ2v) is 5.75. The van der Waals surface area contributed by atoms with E-state index < -0.39 is 11.0 Å². The van der Waals surface area contributed by atoms with Crippen LogP contribution in [0.4, 0.5) is 5.69 Å². The molecule has 0 aromatic carbocycles. The van der Waals surface area contributed by atoms with Crippen molar-refractivity contribution >= 4 is 11.6 Å². The summed E-state index contributed by atoms with van der Waals surface area (Å²) in [4.78, 5) is 22.9. The maximum absolute atomic E-state index is 12.5. The van der Waals surface area contributed by atoms with E-state index in [0.717, 1.165) is 24.0 Å². The van der Waals surface area contributed by atoms with E-state index >= 15 is 0 Å². The third kappa shape index (κ3) is 3.29. The van der Waals surface area contributed by atoms with Gasteiger partial charge in [0.2, 0.25) is 5.91 Å². The normalized spacial score (nSPS) is 13.5. The predicted molar refractivity (Wildman–Crippen MR) is 87.5 cm³/mol. The molecule has 130 valence electrons. The average Bonchev–Trinajstić information content (AvgIpc) is 3.09. The van der Waals surface area contributed by atoms with Crippen LogP contribution in [0.5, 0.6) is 0 Å². The van der Waals surface area contributed by atoms with E-state index in [2.05, 4.69) is 15.5 Å². The third-order valence-electron chi connectivity index (χ3n) is 4.10. The number of carbonyl (C=O) groups excluding carboxylic acids is 1. The Bertz CT molecular complexity index is 763. The minimum Gasteiger partial charge on any atom is -0.348 e. The smallest absolute Gasteiger partial charge is 0.309 e. The summed E-state index contributed by atoms with van der Waals surface area (Å²) in [6, 6.07) is -0.867. The Morgan fingerprint density at radius 1 is 1.42 bits per heavy atom. The molecule has 0 aliphatic heterocycles. The molecule has 2 unspecified atom stereocenters. The molecule has 1 N–H and O–H groups in total. The molecule has 0 saturated carbocycles. The number of aromatic nitrogens is 4. The van der Waals surface area contributed by atoms with Crippen LogP contribution in [0.2, 0.25) is 0 Å². The molecule has 24 heavy (non-hydrogen) atoms.